The molecule has 9 nitrogen and oxygen atoms in total. The van der Waals surface area contributed by atoms with E-state index in [1.807, 2.05) is 11.8 Å². The Hall–Kier alpha value is -3.52. The number of piperazine rings is 1. The van der Waals surface area contributed by atoms with Gasteiger partial charge < -0.3 is 30.7 Å². The van der Waals surface area contributed by atoms with Crippen molar-refractivity contribution in [1.82, 2.24) is 20.3 Å². The fourth-order valence-corrected chi connectivity index (χ4v) is 7.15. The predicted octanol–water partition coefficient (Wildman–Crippen LogP) is 3.79. The minimum atomic E-state index is -5.03. The normalized spacial score (nSPS) is 26.9. The molecule has 4 aliphatic rings. The van der Waals surface area contributed by atoms with Crippen LogP contribution in [0.3, 0.4) is 0 Å². The Morgan fingerprint density at radius 3 is 2.62 bits per heavy atom. The number of nitrogen functional groups attached to an aromatic ring is 1. The topological polar surface area (TPSA) is 113 Å². The van der Waals surface area contributed by atoms with Gasteiger partial charge in [0.25, 0.3) is 0 Å². The SMILES string of the molecule is Cc1c(F)c(N)cc(-c2nc3c4c(nc(N5CC[C@H](CO)C5)nc4c2F)N2C[C@H]4CC[C@H](N4)[C@H]2[C@H](C)O3)c1C(F)(F)F. The number of halogens is 5. The Morgan fingerprint density at radius 2 is 1.90 bits per heavy atom. The number of aliphatic hydroxyl groups is 1. The molecule has 4 N–H and O–H groups in total. The summed E-state index contributed by atoms with van der Waals surface area (Å²) in [6, 6.07) is 0.813. The number of benzene rings is 1. The first kappa shape index (κ1) is 27.3. The molecule has 1 aromatic carbocycles. The quantitative estimate of drug-likeness (QED) is 0.310. The van der Waals surface area contributed by atoms with E-state index in [9.17, 15) is 22.7 Å². The molecule has 6 heterocycles. The third kappa shape index (κ3) is 4.05. The molecule has 224 valence electrons. The zero-order chi connectivity index (χ0) is 29.7. The monoisotopic (exact) mass is 591 g/mol. The van der Waals surface area contributed by atoms with E-state index in [2.05, 4.69) is 20.2 Å². The van der Waals surface area contributed by atoms with Crippen LogP contribution in [-0.4, -0.2) is 70.5 Å². The van der Waals surface area contributed by atoms with Crippen molar-refractivity contribution < 1.29 is 31.8 Å². The van der Waals surface area contributed by atoms with Gasteiger partial charge in [0.1, 0.15) is 34.3 Å². The number of nitrogens with one attached hydrogen (secondary N) is 1. The van der Waals surface area contributed by atoms with Crippen LogP contribution in [0.15, 0.2) is 6.07 Å². The van der Waals surface area contributed by atoms with Gasteiger partial charge in [-0.05, 0) is 44.7 Å². The van der Waals surface area contributed by atoms with Gasteiger partial charge in [-0.25, -0.2) is 18.7 Å². The number of nitrogens with two attached hydrogens (primary N) is 1. The van der Waals surface area contributed by atoms with Gasteiger partial charge in [0.15, 0.2) is 5.82 Å². The summed E-state index contributed by atoms with van der Waals surface area (Å²) in [6.07, 6.45) is -2.97. The molecule has 0 radical (unpaired) electrons. The first-order chi connectivity index (χ1) is 20.0. The van der Waals surface area contributed by atoms with Crippen molar-refractivity contribution in [3.05, 3.63) is 28.8 Å². The number of anilines is 3. The second-order valence-electron chi connectivity index (χ2n) is 11.8. The van der Waals surface area contributed by atoms with Gasteiger partial charge in [0.05, 0.1) is 17.3 Å². The highest BCUT2D eigenvalue weighted by atomic mass is 19.4. The molecule has 2 aromatic heterocycles. The smallest absolute Gasteiger partial charge is 0.417 e. The molecule has 3 aromatic rings. The number of alkyl halides is 3. The summed E-state index contributed by atoms with van der Waals surface area (Å²) in [6.45, 7) is 4.33. The van der Waals surface area contributed by atoms with Crippen molar-refractivity contribution >= 4 is 28.4 Å². The van der Waals surface area contributed by atoms with E-state index in [-0.39, 0.29) is 53.4 Å². The average molecular weight is 592 g/mol. The fraction of sp³-hybridized carbons (Fsp3) is 0.536. The van der Waals surface area contributed by atoms with Crippen molar-refractivity contribution in [2.24, 2.45) is 5.92 Å². The van der Waals surface area contributed by atoms with Crippen LogP contribution in [-0.2, 0) is 6.18 Å². The summed E-state index contributed by atoms with van der Waals surface area (Å²) in [5.74, 6) is -1.82. The van der Waals surface area contributed by atoms with Gasteiger partial charge in [-0.15, -0.1) is 0 Å². The minimum Gasteiger partial charge on any atom is -0.472 e. The van der Waals surface area contributed by atoms with Crippen LogP contribution in [0, 0.1) is 24.5 Å². The lowest BCUT2D eigenvalue weighted by molar-refractivity contribution is -0.137. The van der Waals surface area contributed by atoms with Gasteiger partial charge in [-0.3, -0.25) is 0 Å². The maximum atomic E-state index is 16.6. The van der Waals surface area contributed by atoms with Crippen molar-refractivity contribution in [2.45, 2.75) is 63.5 Å². The zero-order valence-corrected chi connectivity index (χ0v) is 23.0. The molecule has 3 fully saturated rings. The molecule has 0 spiro atoms. The molecular weight excluding hydrogens is 561 g/mol. The molecule has 14 heteroatoms. The summed E-state index contributed by atoms with van der Waals surface area (Å²) in [7, 11) is 0. The molecule has 7 rings (SSSR count). The zero-order valence-electron chi connectivity index (χ0n) is 23.0. The lowest BCUT2D eigenvalue weighted by atomic mass is 9.96. The molecular formula is C28H30F5N7O2. The Balaban J connectivity index is 1.52. The summed E-state index contributed by atoms with van der Waals surface area (Å²) >= 11 is 0. The summed E-state index contributed by atoms with van der Waals surface area (Å²) in [5.41, 5.74) is 1.44. The third-order valence-corrected chi connectivity index (χ3v) is 9.13. The molecule has 2 bridgehead atoms. The Kier molecular flexibility index (Phi) is 6.18. The average Bonchev–Trinajstić information content (AvgIpc) is 3.55. The number of rotatable bonds is 3. The van der Waals surface area contributed by atoms with Gasteiger partial charge in [-0.1, -0.05) is 0 Å². The Labute approximate surface area is 237 Å². The molecule has 4 aliphatic heterocycles. The van der Waals surface area contributed by atoms with E-state index in [0.29, 0.717) is 31.9 Å². The van der Waals surface area contributed by atoms with Gasteiger partial charge in [0, 0.05) is 49.8 Å². The van der Waals surface area contributed by atoms with Crippen LogP contribution in [0.1, 0.15) is 37.3 Å². The van der Waals surface area contributed by atoms with E-state index in [1.54, 1.807) is 0 Å². The van der Waals surface area contributed by atoms with E-state index in [0.717, 1.165) is 25.8 Å². The number of ether oxygens (including phenoxy) is 1. The number of hydrogen-bond acceptors (Lipinski definition) is 9. The largest absolute Gasteiger partial charge is 0.472 e. The maximum Gasteiger partial charge on any atom is 0.417 e. The number of aliphatic hydroxyl groups excluding tert-OH is 1. The molecule has 0 amide bonds. The van der Waals surface area contributed by atoms with E-state index >= 15 is 4.39 Å². The van der Waals surface area contributed by atoms with Crippen LogP contribution in [0.5, 0.6) is 5.88 Å². The van der Waals surface area contributed by atoms with E-state index in [1.165, 1.54) is 0 Å². The molecule has 3 saturated heterocycles. The molecule has 42 heavy (non-hydrogen) atoms. The molecule has 0 aliphatic carbocycles. The number of fused-ring (bicyclic) bond motifs is 5. The van der Waals surface area contributed by atoms with Crippen molar-refractivity contribution in [2.75, 3.05) is 41.8 Å². The molecule has 0 unspecified atom stereocenters. The second kappa shape index (κ2) is 9.49. The van der Waals surface area contributed by atoms with Gasteiger partial charge >= 0.3 is 6.18 Å². The van der Waals surface area contributed by atoms with Crippen LogP contribution in [0.25, 0.3) is 22.2 Å². The van der Waals surface area contributed by atoms with Crippen LogP contribution in [0.4, 0.5) is 39.4 Å². The first-order valence-electron chi connectivity index (χ1n) is 14.1. The standard InChI is InChI=1S/C28H30F5N7O2/c1-11-19(28(31,32)33)15(7-16(34)20(11)29)22-21(30)23-18-25(38-27(37-23)39-6-5-13(8-39)10-41)40-9-14-3-4-17(35-14)24(40)12(2)42-26(18)36-22/h7,12-14,17,24,35,41H,3-6,8-10,34H2,1-2H3/t12-,13-,14+,17-,24+/m0/s1. The van der Waals surface area contributed by atoms with Gasteiger partial charge in [0.2, 0.25) is 11.8 Å². The lowest BCUT2D eigenvalue weighted by Crippen LogP contribution is -2.62. The highest BCUT2D eigenvalue weighted by Crippen LogP contribution is 2.47. The number of nitrogens with zero attached hydrogens (tertiary/aromatic N) is 5. The highest BCUT2D eigenvalue weighted by Gasteiger charge is 2.47. The van der Waals surface area contributed by atoms with Crippen LogP contribution >= 0.6 is 0 Å². The Bertz CT molecular complexity index is 1600. The van der Waals surface area contributed by atoms with E-state index < -0.39 is 52.0 Å². The predicted molar refractivity (Wildman–Crippen MR) is 145 cm³/mol. The van der Waals surface area contributed by atoms with Crippen LogP contribution < -0.4 is 25.6 Å². The minimum absolute atomic E-state index is 0.0116. The summed E-state index contributed by atoms with van der Waals surface area (Å²) in [5, 5.41) is 13.5. The third-order valence-electron chi connectivity index (χ3n) is 9.13. The summed E-state index contributed by atoms with van der Waals surface area (Å²) < 4.78 is 80.5. The molecule has 0 saturated carbocycles. The maximum absolute atomic E-state index is 16.6. The van der Waals surface area contributed by atoms with Gasteiger partial charge in [-0.2, -0.15) is 18.2 Å². The lowest BCUT2D eigenvalue weighted by Gasteiger charge is -2.43. The van der Waals surface area contributed by atoms with E-state index in [4.69, 9.17) is 15.5 Å². The van der Waals surface area contributed by atoms with Crippen molar-refractivity contribution in [3.63, 3.8) is 0 Å². The number of aromatic nitrogens is 3. The molecule has 5 atom stereocenters. The number of pyridine rings is 1. The summed E-state index contributed by atoms with van der Waals surface area (Å²) in [4.78, 5) is 17.7. The fourth-order valence-electron chi connectivity index (χ4n) is 7.15. The van der Waals surface area contributed by atoms with Crippen LogP contribution in [0.2, 0.25) is 0 Å². The highest BCUT2D eigenvalue weighted by molar-refractivity contribution is 5.98. The first-order valence-corrected chi connectivity index (χ1v) is 14.1. The van der Waals surface area contributed by atoms with Crippen molar-refractivity contribution in [1.29, 1.82) is 0 Å². The Morgan fingerprint density at radius 1 is 1.12 bits per heavy atom. The second-order valence-corrected chi connectivity index (χ2v) is 11.8. The number of hydrogen-bond donors (Lipinski definition) is 3. The van der Waals surface area contributed by atoms with Crippen molar-refractivity contribution in [3.8, 4) is 17.1 Å².